The number of fused-ring (bicyclic) bond motifs is 1. The van der Waals surface area contributed by atoms with Gasteiger partial charge in [-0.25, -0.2) is 0 Å². The van der Waals surface area contributed by atoms with Crippen LogP contribution in [-0.4, -0.2) is 21.3 Å². The van der Waals surface area contributed by atoms with Gasteiger partial charge in [0.05, 0.1) is 0 Å². The molecule has 19 heavy (non-hydrogen) atoms. The molecule has 1 unspecified atom stereocenters. The highest BCUT2D eigenvalue weighted by atomic mass is 15.3. The largest absolute Gasteiger partial charge is 0.330 e. The summed E-state index contributed by atoms with van der Waals surface area (Å²) in [5, 5.41) is 8.77. The molecule has 0 radical (unpaired) electrons. The Morgan fingerprint density at radius 3 is 2.95 bits per heavy atom. The minimum Gasteiger partial charge on any atom is -0.330 e. The SMILES string of the molecule is Cc1cccc(-c2nnc3n2CCC(CN)C3)c1C. The predicted octanol–water partition coefficient (Wildman–Crippen LogP) is 2.08. The van der Waals surface area contributed by atoms with E-state index in [9.17, 15) is 0 Å². The van der Waals surface area contributed by atoms with E-state index in [4.69, 9.17) is 5.73 Å². The molecular weight excluding hydrogens is 236 g/mol. The minimum atomic E-state index is 0.558. The summed E-state index contributed by atoms with van der Waals surface area (Å²) in [6, 6.07) is 6.36. The Morgan fingerprint density at radius 1 is 1.32 bits per heavy atom. The summed E-state index contributed by atoms with van der Waals surface area (Å²) in [6.45, 7) is 6.01. The average molecular weight is 256 g/mol. The predicted molar refractivity (Wildman–Crippen MR) is 75.8 cm³/mol. The molecule has 0 fully saturated rings. The second-order valence-electron chi connectivity index (χ2n) is 5.43. The first-order chi connectivity index (χ1) is 9.20. The summed E-state index contributed by atoms with van der Waals surface area (Å²) >= 11 is 0. The summed E-state index contributed by atoms with van der Waals surface area (Å²) < 4.78 is 2.26. The van der Waals surface area contributed by atoms with Gasteiger partial charge in [0.2, 0.25) is 0 Å². The van der Waals surface area contributed by atoms with E-state index in [0.717, 1.165) is 37.6 Å². The van der Waals surface area contributed by atoms with Crippen molar-refractivity contribution in [3.05, 3.63) is 35.2 Å². The third kappa shape index (κ3) is 2.06. The van der Waals surface area contributed by atoms with E-state index in [1.807, 2.05) is 0 Å². The Balaban J connectivity index is 2.04. The van der Waals surface area contributed by atoms with E-state index in [2.05, 4.69) is 46.8 Å². The van der Waals surface area contributed by atoms with Crippen molar-refractivity contribution in [1.29, 1.82) is 0 Å². The van der Waals surface area contributed by atoms with Gasteiger partial charge >= 0.3 is 0 Å². The summed E-state index contributed by atoms with van der Waals surface area (Å²) in [6.07, 6.45) is 2.08. The first-order valence-electron chi connectivity index (χ1n) is 6.89. The molecule has 1 aliphatic heterocycles. The molecule has 3 rings (SSSR count). The Hall–Kier alpha value is -1.68. The number of aromatic nitrogens is 3. The lowest BCUT2D eigenvalue weighted by molar-refractivity contribution is 0.391. The molecule has 4 heteroatoms. The van der Waals surface area contributed by atoms with Gasteiger partial charge in [-0.15, -0.1) is 10.2 Å². The van der Waals surface area contributed by atoms with Crippen LogP contribution in [0.25, 0.3) is 11.4 Å². The van der Waals surface area contributed by atoms with Crippen molar-refractivity contribution in [2.24, 2.45) is 11.7 Å². The fourth-order valence-electron chi connectivity index (χ4n) is 2.79. The van der Waals surface area contributed by atoms with Crippen LogP contribution in [0.1, 0.15) is 23.4 Å². The van der Waals surface area contributed by atoms with Crippen LogP contribution in [0.2, 0.25) is 0 Å². The molecule has 2 N–H and O–H groups in total. The van der Waals surface area contributed by atoms with E-state index in [1.54, 1.807) is 0 Å². The van der Waals surface area contributed by atoms with Gasteiger partial charge in [0, 0.05) is 18.5 Å². The Bertz CT molecular complexity index is 600. The van der Waals surface area contributed by atoms with E-state index in [1.165, 1.54) is 16.7 Å². The molecule has 1 aromatic carbocycles. The van der Waals surface area contributed by atoms with Crippen molar-refractivity contribution in [3.8, 4) is 11.4 Å². The Kier molecular flexibility index (Phi) is 3.11. The van der Waals surface area contributed by atoms with Gasteiger partial charge in [-0.05, 0) is 43.9 Å². The number of hydrogen-bond donors (Lipinski definition) is 1. The third-order valence-corrected chi connectivity index (χ3v) is 4.24. The van der Waals surface area contributed by atoms with E-state index in [0.29, 0.717) is 5.92 Å². The number of benzene rings is 1. The monoisotopic (exact) mass is 256 g/mol. The standard InChI is InChI=1S/C15H20N4/c1-10-4-3-5-13(11(10)2)15-18-17-14-8-12(9-16)6-7-19(14)15/h3-5,12H,6-9,16H2,1-2H3. The molecule has 0 saturated carbocycles. The maximum Gasteiger partial charge on any atom is 0.164 e. The second-order valence-corrected chi connectivity index (χ2v) is 5.43. The van der Waals surface area contributed by atoms with E-state index < -0.39 is 0 Å². The Morgan fingerprint density at radius 2 is 2.16 bits per heavy atom. The maximum absolute atomic E-state index is 5.76. The molecule has 0 spiro atoms. The van der Waals surface area contributed by atoms with Crippen molar-refractivity contribution in [2.75, 3.05) is 6.54 Å². The molecule has 1 aliphatic rings. The lowest BCUT2D eigenvalue weighted by Gasteiger charge is -2.22. The van der Waals surface area contributed by atoms with Gasteiger partial charge in [0.25, 0.3) is 0 Å². The van der Waals surface area contributed by atoms with Crippen LogP contribution >= 0.6 is 0 Å². The quantitative estimate of drug-likeness (QED) is 0.895. The highest BCUT2D eigenvalue weighted by Gasteiger charge is 2.23. The van der Waals surface area contributed by atoms with Gasteiger partial charge in [-0.1, -0.05) is 18.2 Å². The fraction of sp³-hybridized carbons (Fsp3) is 0.467. The molecule has 1 aromatic heterocycles. The smallest absolute Gasteiger partial charge is 0.164 e. The zero-order valence-corrected chi connectivity index (χ0v) is 11.6. The van der Waals surface area contributed by atoms with Crippen LogP contribution in [0.5, 0.6) is 0 Å². The molecule has 100 valence electrons. The average Bonchev–Trinajstić information content (AvgIpc) is 2.84. The molecule has 2 heterocycles. The fourth-order valence-corrected chi connectivity index (χ4v) is 2.79. The minimum absolute atomic E-state index is 0.558. The molecule has 0 bridgehead atoms. The zero-order chi connectivity index (χ0) is 13.4. The first kappa shape index (κ1) is 12.4. The van der Waals surface area contributed by atoms with Gasteiger partial charge in [0.15, 0.2) is 5.82 Å². The molecular formula is C15H20N4. The third-order valence-electron chi connectivity index (χ3n) is 4.24. The Labute approximate surface area is 113 Å². The van der Waals surface area contributed by atoms with Gasteiger partial charge in [-0.2, -0.15) is 0 Å². The van der Waals surface area contributed by atoms with E-state index >= 15 is 0 Å². The highest BCUT2D eigenvalue weighted by Crippen LogP contribution is 2.28. The van der Waals surface area contributed by atoms with Crippen LogP contribution in [-0.2, 0) is 13.0 Å². The van der Waals surface area contributed by atoms with Crippen molar-refractivity contribution in [3.63, 3.8) is 0 Å². The first-order valence-corrected chi connectivity index (χ1v) is 6.89. The lowest BCUT2D eigenvalue weighted by atomic mass is 9.97. The molecule has 0 saturated heterocycles. The number of nitrogens with zero attached hydrogens (tertiary/aromatic N) is 3. The van der Waals surface area contributed by atoms with Crippen LogP contribution < -0.4 is 5.73 Å². The summed E-state index contributed by atoms with van der Waals surface area (Å²) in [7, 11) is 0. The second kappa shape index (κ2) is 4.78. The van der Waals surface area contributed by atoms with Crippen LogP contribution in [0.3, 0.4) is 0 Å². The van der Waals surface area contributed by atoms with Gasteiger partial charge < -0.3 is 10.3 Å². The lowest BCUT2D eigenvalue weighted by Crippen LogP contribution is -2.25. The molecule has 2 aromatic rings. The summed E-state index contributed by atoms with van der Waals surface area (Å²) in [5.74, 6) is 2.65. The number of nitrogens with two attached hydrogens (primary N) is 1. The maximum atomic E-state index is 5.76. The molecule has 4 nitrogen and oxygen atoms in total. The van der Waals surface area contributed by atoms with Crippen molar-refractivity contribution in [1.82, 2.24) is 14.8 Å². The normalized spacial score (nSPS) is 18.4. The van der Waals surface area contributed by atoms with Crippen LogP contribution in [0.15, 0.2) is 18.2 Å². The summed E-state index contributed by atoms with van der Waals surface area (Å²) in [4.78, 5) is 0. The van der Waals surface area contributed by atoms with Crippen LogP contribution in [0.4, 0.5) is 0 Å². The molecule has 0 amide bonds. The molecule has 0 aliphatic carbocycles. The molecule has 1 atom stereocenters. The highest BCUT2D eigenvalue weighted by molar-refractivity contribution is 5.62. The topological polar surface area (TPSA) is 56.7 Å². The van der Waals surface area contributed by atoms with Crippen molar-refractivity contribution >= 4 is 0 Å². The van der Waals surface area contributed by atoms with Gasteiger partial charge in [0.1, 0.15) is 5.82 Å². The number of aryl methyl sites for hydroxylation is 1. The van der Waals surface area contributed by atoms with E-state index in [-0.39, 0.29) is 0 Å². The van der Waals surface area contributed by atoms with Crippen molar-refractivity contribution < 1.29 is 0 Å². The van der Waals surface area contributed by atoms with Crippen LogP contribution in [0, 0.1) is 19.8 Å². The number of rotatable bonds is 2. The van der Waals surface area contributed by atoms with Gasteiger partial charge in [-0.3, -0.25) is 0 Å². The summed E-state index contributed by atoms with van der Waals surface area (Å²) in [5.41, 5.74) is 9.55. The number of hydrogen-bond acceptors (Lipinski definition) is 3. The zero-order valence-electron chi connectivity index (χ0n) is 11.6. The van der Waals surface area contributed by atoms with Crippen molar-refractivity contribution in [2.45, 2.75) is 33.2 Å².